The summed E-state index contributed by atoms with van der Waals surface area (Å²) in [5, 5.41) is 2.96. The van der Waals surface area contributed by atoms with Gasteiger partial charge in [0, 0.05) is 36.5 Å². The summed E-state index contributed by atoms with van der Waals surface area (Å²) in [6, 6.07) is 19.4. The number of hydrogen-bond acceptors (Lipinski definition) is 3. The number of carbonyl (C=O) groups excluding carboxylic acids is 2. The summed E-state index contributed by atoms with van der Waals surface area (Å²) in [5.74, 6) is 0.771. The molecule has 3 rings (SSSR count). The minimum Gasteiger partial charge on any atom is -0.497 e. The lowest BCUT2D eigenvalue weighted by Gasteiger charge is -2.13. The van der Waals surface area contributed by atoms with Gasteiger partial charge in [-0.25, -0.2) is 0 Å². The Balaban J connectivity index is 1.76. The molecule has 0 spiro atoms. The molecule has 29 heavy (non-hydrogen) atoms. The molecule has 3 aromatic rings. The Morgan fingerprint density at radius 2 is 1.72 bits per heavy atom. The Morgan fingerprint density at radius 3 is 2.34 bits per heavy atom. The van der Waals surface area contributed by atoms with Gasteiger partial charge in [-0.15, -0.1) is 0 Å². The normalized spacial score (nSPS) is 10.6. The van der Waals surface area contributed by atoms with Crippen molar-refractivity contribution in [1.29, 1.82) is 0 Å². The number of methoxy groups -OCH3 is 1. The maximum atomic E-state index is 12.4. The van der Waals surface area contributed by atoms with E-state index in [9.17, 15) is 9.59 Å². The van der Waals surface area contributed by atoms with Gasteiger partial charge >= 0.3 is 0 Å². The van der Waals surface area contributed by atoms with Gasteiger partial charge in [0.2, 0.25) is 5.91 Å². The first kappa shape index (κ1) is 20.4. The van der Waals surface area contributed by atoms with E-state index in [-0.39, 0.29) is 11.7 Å². The molecule has 1 amide bonds. The van der Waals surface area contributed by atoms with E-state index < -0.39 is 0 Å². The number of aromatic nitrogens is 1. The smallest absolute Gasteiger partial charge is 0.222 e. The number of nitrogens with zero attached hydrogens (tertiary/aromatic N) is 1. The standard InChI is InChI=1S/C24H26N2O3/c1-17-22(18(2)27)15-23(20-9-11-21(29-3)12-10-20)26(17)14-13-24(28)25-16-19-7-5-4-6-8-19/h4-12,15H,13-14,16H2,1-3H3,(H,25,28). The lowest BCUT2D eigenvalue weighted by molar-refractivity contribution is -0.121. The molecule has 0 saturated heterocycles. The molecule has 0 fully saturated rings. The van der Waals surface area contributed by atoms with E-state index in [0.717, 1.165) is 28.3 Å². The molecule has 0 unspecified atom stereocenters. The van der Waals surface area contributed by atoms with Gasteiger partial charge in [-0.2, -0.15) is 0 Å². The zero-order chi connectivity index (χ0) is 20.8. The minimum atomic E-state index is -0.0213. The molecule has 0 atom stereocenters. The number of nitrogens with one attached hydrogen (secondary N) is 1. The summed E-state index contributed by atoms with van der Waals surface area (Å²) in [5.41, 5.74) is 4.52. The topological polar surface area (TPSA) is 60.3 Å². The fraction of sp³-hybridized carbons (Fsp3) is 0.250. The van der Waals surface area contributed by atoms with Crippen molar-refractivity contribution < 1.29 is 14.3 Å². The quantitative estimate of drug-likeness (QED) is 0.581. The second-order valence-corrected chi connectivity index (χ2v) is 6.98. The molecule has 0 radical (unpaired) electrons. The largest absolute Gasteiger partial charge is 0.497 e. The van der Waals surface area contributed by atoms with Crippen LogP contribution in [0.2, 0.25) is 0 Å². The number of ether oxygens (including phenoxy) is 1. The Hall–Kier alpha value is -3.34. The first-order valence-corrected chi connectivity index (χ1v) is 9.65. The lowest BCUT2D eigenvalue weighted by atomic mass is 10.1. The Bertz CT molecular complexity index is 989. The van der Waals surface area contributed by atoms with Gasteiger partial charge < -0.3 is 14.6 Å². The molecule has 0 aliphatic heterocycles. The zero-order valence-electron chi connectivity index (χ0n) is 17.1. The molecule has 0 bridgehead atoms. The third-order valence-electron chi connectivity index (χ3n) is 5.03. The fourth-order valence-electron chi connectivity index (χ4n) is 3.39. The van der Waals surface area contributed by atoms with Crippen LogP contribution in [0, 0.1) is 6.92 Å². The molecule has 0 saturated carbocycles. The van der Waals surface area contributed by atoms with Crippen LogP contribution in [-0.2, 0) is 17.9 Å². The predicted octanol–water partition coefficient (Wildman–Crippen LogP) is 4.38. The van der Waals surface area contributed by atoms with E-state index >= 15 is 0 Å². The number of carbonyl (C=O) groups is 2. The molecule has 1 N–H and O–H groups in total. The fourth-order valence-corrected chi connectivity index (χ4v) is 3.39. The summed E-state index contributed by atoms with van der Waals surface area (Å²) >= 11 is 0. The van der Waals surface area contributed by atoms with Crippen LogP contribution in [0.1, 0.15) is 35.0 Å². The van der Waals surface area contributed by atoms with E-state index in [1.807, 2.05) is 72.2 Å². The van der Waals surface area contributed by atoms with Crippen molar-refractivity contribution in [2.24, 2.45) is 0 Å². The molecular formula is C24H26N2O3. The summed E-state index contributed by atoms with van der Waals surface area (Å²) in [4.78, 5) is 24.4. The van der Waals surface area contributed by atoms with Crippen LogP contribution in [0.25, 0.3) is 11.3 Å². The molecule has 5 nitrogen and oxygen atoms in total. The van der Waals surface area contributed by atoms with Crippen molar-refractivity contribution in [2.45, 2.75) is 33.4 Å². The molecule has 1 aromatic heterocycles. The molecule has 2 aromatic carbocycles. The van der Waals surface area contributed by atoms with Crippen LogP contribution >= 0.6 is 0 Å². The van der Waals surface area contributed by atoms with E-state index in [4.69, 9.17) is 4.74 Å². The highest BCUT2D eigenvalue weighted by Crippen LogP contribution is 2.28. The third-order valence-corrected chi connectivity index (χ3v) is 5.03. The van der Waals surface area contributed by atoms with Crippen LogP contribution in [0.15, 0.2) is 60.7 Å². The maximum absolute atomic E-state index is 12.4. The molecule has 0 aliphatic rings. The molecule has 5 heteroatoms. The zero-order valence-corrected chi connectivity index (χ0v) is 17.1. The van der Waals surface area contributed by atoms with E-state index in [1.165, 1.54) is 0 Å². The van der Waals surface area contributed by atoms with Crippen molar-refractivity contribution in [1.82, 2.24) is 9.88 Å². The minimum absolute atomic E-state index is 0.0181. The SMILES string of the molecule is COc1ccc(-c2cc(C(C)=O)c(C)n2CCC(=O)NCc2ccccc2)cc1. The van der Waals surface area contributed by atoms with Crippen molar-refractivity contribution in [3.05, 3.63) is 77.5 Å². The van der Waals surface area contributed by atoms with E-state index in [2.05, 4.69) is 5.32 Å². The Kier molecular flexibility index (Phi) is 6.50. The number of rotatable bonds is 8. The first-order valence-electron chi connectivity index (χ1n) is 9.65. The van der Waals surface area contributed by atoms with Crippen LogP contribution in [0.3, 0.4) is 0 Å². The average molecular weight is 390 g/mol. The van der Waals surface area contributed by atoms with Gasteiger partial charge in [0.15, 0.2) is 5.78 Å². The summed E-state index contributed by atoms with van der Waals surface area (Å²) in [7, 11) is 1.63. The van der Waals surface area contributed by atoms with Crippen LogP contribution in [0.4, 0.5) is 0 Å². The van der Waals surface area contributed by atoms with Crippen LogP contribution in [0.5, 0.6) is 5.75 Å². The van der Waals surface area contributed by atoms with Crippen LogP contribution in [-0.4, -0.2) is 23.4 Å². The maximum Gasteiger partial charge on any atom is 0.222 e. The highest BCUT2D eigenvalue weighted by molar-refractivity contribution is 5.96. The van der Waals surface area contributed by atoms with Gasteiger partial charge in [-0.3, -0.25) is 9.59 Å². The highest BCUT2D eigenvalue weighted by atomic mass is 16.5. The molecule has 150 valence electrons. The van der Waals surface area contributed by atoms with Crippen LogP contribution < -0.4 is 10.1 Å². The van der Waals surface area contributed by atoms with Gasteiger partial charge in [0.25, 0.3) is 0 Å². The number of Topliss-reactive ketones (excluding diaryl/α,β-unsaturated/α-hetero) is 1. The van der Waals surface area contributed by atoms with Crippen molar-refractivity contribution in [3.8, 4) is 17.0 Å². The lowest BCUT2D eigenvalue weighted by Crippen LogP contribution is -2.24. The molecular weight excluding hydrogens is 364 g/mol. The summed E-state index contributed by atoms with van der Waals surface area (Å²) < 4.78 is 7.27. The van der Waals surface area contributed by atoms with Crippen molar-refractivity contribution >= 4 is 11.7 Å². The molecule has 1 heterocycles. The average Bonchev–Trinajstić information content (AvgIpc) is 3.08. The highest BCUT2D eigenvalue weighted by Gasteiger charge is 2.17. The van der Waals surface area contributed by atoms with Crippen molar-refractivity contribution in [2.75, 3.05) is 7.11 Å². The second kappa shape index (κ2) is 9.24. The van der Waals surface area contributed by atoms with Gasteiger partial charge in [0.05, 0.1) is 7.11 Å². The number of ketones is 1. The van der Waals surface area contributed by atoms with E-state index in [1.54, 1.807) is 14.0 Å². The Labute approximate surface area is 171 Å². The Morgan fingerprint density at radius 1 is 1.03 bits per heavy atom. The monoisotopic (exact) mass is 390 g/mol. The van der Waals surface area contributed by atoms with Gasteiger partial charge in [-0.05, 0) is 55.3 Å². The predicted molar refractivity (Wildman–Crippen MR) is 114 cm³/mol. The summed E-state index contributed by atoms with van der Waals surface area (Å²) in [6.07, 6.45) is 0.336. The van der Waals surface area contributed by atoms with Crippen molar-refractivity contribution in [3.63, 3.8) is 0 Å². The third kappa shape index (κ3) is 4.93. The van der Waals surface area contributed by atoms with Gasteiger partial charge in [0.1, 0.15) is 5.75 Å². The second-order valence-electron chi connectivity index (χ2n) is 6.98. The first-order chi connectivity index (χ1) is 14.0. The number of amides is 1. The summed E-state index contributed by atoms with van der Waals surface area (Å²) in [6.45, 7) is 4.50. The van der Waals surface area contributed by atoms with Gasteiger partial charge in [-0.1, -0.05) is 30.3 Å². The number of benzene rings is 2. The molecule has 0 aliphatic carbocycles. The van der Waals surface area contributed by atoms with E-state index in [0.29, 0.717) is 25.1 Å². The number of hydrogen-bond donors (Lipinski definition) is 1.